The van der Waals surface area contributed by atoms with Gasteiger partial charge in [0.1, 0.15) is 23.5 Å². The van der Waals surface area contributed by atoms with Crippen molar-refractivity contribution in [3.8, 4) is 11.5 Å². The lowest BCUT2D eigenvalue weighted by Gasteiger charge is -2.24. The van der Waals surface area contributed by atoms with E-state index < -0.39 is 5.41 Å². The second-order valence-electron chi connectivity index (χ2n) is 7.43. The fourth-order valence-electron chi connectivity index (χ4n) is 4.49. The second-order valence-corrected chi connectivity index (χ2v) is 7.43. The van der Waals surface area contributed by atoms with E-state index in [1.165, 1.54) is 0 Å². The largest absolute Gasteiger partial charge is 0.491 e. The Kier molecular flexibility index (Phi) is 4.25. The molecule has 0 saturated carbocycles. The van der Waals surface area contributed by atoms with Crippen molar-refractivity contribution in [2.45, 2.75) is 24.9 Å². The molecule has 0 saturated heterocycles. The van der Waals surface area contributed by atoms with Crippen LogP contribution in [0.25, 0.3) is 0 Å². The fourth-order valence-corrected chi connectivity index (χ4v) is 4.49. The summed E-state index contributed by atoms with van der Waals surface area (Å²) in [5.74, 6) is 1.60. The molecule has 3 aliphatic rings. The number of amides is 1. The van der Waals surface area contributed by atoms with Gasteiger partial charge in [-0.3, -0.25) is 4.79 Å². The fraction of sp³-hybridized carbons (Fsp3) is 0.409. The molecule has 1 amide bonds. The highest BCUT2D eigenvalue weighted by Gasteiger charge is 2.57. The molecule has 0 fully saturated rings. The Bertz CT molecular complexity index is 927. The van der Waals surface area contributed by atoms with Crippen molar-refractivity contribution in [2.75, 3.05) is 38.6 Å². The van der Waals surface area contributed by atoms with Crippen LogP contribution in [0.3, 0.4) is 0 Å². The molecule has 0 aliphatic carbocycles. The topological polar surface area (TPSA) is 57.2 Å². The Hall–Kier alpha value is -2.57. The van der Waals surface area contributed by atoms with E-state index in [0.29, 0.717) is 26.4 Å². The third kappa shape index (κ3) is 2.45. The quantitative estimate of drug-likeness (QED) is 0.746. The molecule has 3 aliphatic heterocycles. The molecule has 2 aromatic rings. The van der Waals surface area contributed by atoms with Crippen LogP contribution in [0, 0.1) is 0 Å². The Balaban J connectivity index is 1.57. The van der Waals surface area contributed by atoms with Crippen LogP contribution in [-0.2, 0) is 26.3 Å². The van der Waals surface area contributed by atoms with E-state index in [-0.39, 0.29) is 12.7 Å². The molecule has 1 spiro atoms. The maximum absolute atomic E-state index is 13.7. The molecule has 5 rings (SSSR count). The number of methoxy groups -OCH3 is 1. The van der Waals surface area contributed by atoms with Crippen molar-refractivity contribution in [2.24, 2.45) is 0 Å². The SMILES string of the molecule is COCCCCN1C(=O)C2(COc3cc4c(cc32)OCOC4)c2ccccc21. The number of rotatable bonds is 5. The molecule has 0 bridgehead atoms. The van der Waals surface area contributed by atoms with Crippen LogP contribution in [0.15, 0.2) is 36.4 Å². The lowest BCUT2D eigenvalue weighted by atomic mass is 9.77. The third-order valence-corrected chi connectivity index (χ3v) is 5.87. The number of carbonyl (C=O) groups excluding carboxylic acids is 1. The molecular formula is C22H23NO5. The highest BCUT2D eigenvalue weighted by Crippen LogP contribution is 2.53. The van der Waals surface area contributed by atoms with E-state index in [9.17, 15) is 4.79 Å². The van der Waals surface area contributed by atoms with Gasteiger partial charge in [-0.15, -0.1) is 0 Å². The first kappa shape index (κ1) is 17.5. The van der Waals surface area contributed by atoms with Crippen LogP contribution in [-0.4, -0.2) is 39.6 Å². The summed E-state index contributed by atoms with van der Waals surface area (Å²) < 4.78 is 22.2. The van der Waals surface area contributed by atoms with E-state index in [1.54, 1.807) is 7.11 Å². The summed E-state index contributed by atoms with van der Waals surface area (Å²) in [5, 5.41) is 0. The van der Waals surface area contributed by atoms with Crippen molar-refractivity contribution < 1.29 is 23.7 Å². The lowest BCUT2D eigenvalue weighted by molar-refractivity contribution is -0.122. The number of ether oxygens (including phenoxy) is 4. The molecule has 2 aromatic carbocycles. The number of hydrogen-bond acceptors (Lipinski definition) is 5. The number of unbranched alkanes of at least 4 members (excludes halogenated alkanes) is 1. The number of para-hydroxylation sites is 1. The lowest BCUT2D eigenvalue weighted by Crippen LogP contribution is -2.43. The van der Waals surface area contributed by atoms with E-state index in [2.05, 4.69) is 0 Å². The number of anilines is 1. The van der Waals surface area contributed by atoms with E-state index in [1.807, 2.05) is 41.3 Å². The van der Waals surface area contributed by atoms with Gasteiger partial charge in [-0.2, -0.15) is 0 Å². The van der Waals surface area contributed by atoms with Gasteiger partial charge in [0.05, 0.1) is 6.61 Å². The monoisotopic (exact) mass is 381 g/mol. The zero-order chi connectivity index (χ0) is 19.1. The number of benzene rings is 2. The smallest absolute Gasteiger partial charge is 0.245 e. The minimum absolute atomic E-state index is 0.0804. The summed E-state index contributed by atoms with van der Waals surface area (Å²) in [6, 6.07) is 12.0. The summed E-state index contributed by atoms with van der Waals surface area (Å²) in [4.78, 5) is 15.6. The van der Waals surface area contributed by atoms with Crippen molar-refractivity contribution in [3.63, 3.8) is 0 Å². The maximum Gasteiger partial charge on any atom is 0.245 e. The number of carbonyl (C=O) groups is 1. The molecule has 0 N–H and O–H groups in total. The zero-order valence-corrected chi connectivity index (χ0v) is 15.9. The van der Waals surface area contributed by atoms with Gasteiger partial charge in [0.2, 0.25) is 5.91 Å². The van der Waals surface area contributed by atoms with Gasteiger partial charge in [-0.05, 0) is 36.6 Å². The molecular weight excluding hydrogens is 358 g/mol. The first-order valence-electron chi connectivity index (χ1n) is 9.67. The maximum atomic E-state index is 13.7. The average Bonchev–Trinajstić information content (AvgIpc) is 3.21. The Morgan fingerprint density at radius 2 is 2.00 bits per heavy atom. The third-order valence-electron chi connectivity index (χ3n) is 5.87. The standard InChI is InChI=1S/C22H23NO5/c1-25-9-5-4-8-23-18-7-3-2-6-16(18)22(21(23)24)13-27-20-10-15-12-26-14-28-19(15)11-17(20)22/h2-3,6-7,10-11H,4-5,8-9,12-14H2,1H3. The van der Waals surface area contributed by atoms with Crippen molar-refractivity contribution in [1.29, 1.82) is 0 Å². The van der Waals surface area contributed by atoms with Crippen LogP contribution < -0.4 is 14.4 Å². The summed E-state index contributed by atoms with van der Waals surface area (Å²) in [6.07, 6.45) is 1.81. The highest BCUT2D eigenvalue weighted by atomic mass is 16.7. The molecule has 6 nitrogen and oxygen atoms in total. The summed E-state index contributed by atoms with van der Waals surface area (Å²) >= 11 is 0. The van der Waals surface area contributed by atoms with Gasteiger partial charge in [-0.25, -0.2) is 0 Å². The summed E-state index contributed by atoms with van der Waals surface area (Å²) in [7, 11) is 1.70. The number of nitrogens with zero attached hydrogens (tertiary/aromatic N) is 1. The minimum Gasteiger partial charge on any atom is -0.491 e. The van der Waals surface area contributed by atoms with Crippen LogP contribution >= 0.6 is 0 Å². The van der Waals surface area contributed by atoms with Crippen LogP contribution in [0.2, 0.25) is 0 Å². The van der Waals surface area contributed by atoms with Crippen molar-refractivity contribution >= 4 is 11.6 Å². The predicted molar refractivity (Wildman–Crippen MR) is 103 cm³/mol. The molecule has 28 heavy (non-hydrogen) atoms. The second kappa shape index (κ2) is 6.79. The molecule has 6 heteroatoms. The van der Waals surface area contributed by atoms with E-state index in [0.717, 1.165) is 46.7 Å². The molecule has 146 valence electrons. The predicted octanol–water partition coefficient (Wildman–Crippen LogP) is 3.00. The molecule has 1 atom stereocenters. The van der Waals surface area contributed by atoms with Gasteiger partial charge in [0.25, 0.3) is 0 Å². The van der Waals surface area contributed by atoms with Gasteiger partial charge in [-0.1, -0.05) is 18.2 Å². The molecule has 1 unspecified atom stereocenters. The number of hydrogen-bond donors (Lipinski definition) is 0. The van der Waals surface area contributed by atoms with Crippen LogP contribution in [0.4, 0.5) is 5.69 Å². The summed E-state index contributed by atoms with van der Waals surface area (Å²) in [5.41, 5.74) is 3.03. The minimum atomic E-state index is -0.802. The van der Waals surface area contributed by atoms with E-state index >= 15 is 0 Å². The summed E-state index contributed by atoms with van der Waals surface area (Å²) in [6.45, 7) is 2.42. The van der Waals surface area contributed by atoms with Gasteiger partial charge >= 0.3 is 0 Å². The average molecular weight is 381 g/mol. The van der Waals surface area contributed by atoms with Crippen molar-refractivity contribution in [1.82, 2.24) is 0 Å². The first-order valence-corrected chi connectivity index (χ1v) is 9.67. The Labute approximate surface area is 163 Å². The Morgan fingerprint density at radius 1 is 1.11 bits per heavy atom. The molecule has 0 aromatic heterocycles. The first-order chi connectivity index (χ1) is 13.8. The zero-order valence-electron chi connectivity index (χ0n) is 15.9. The number of fused-ring (bicyclic) bond motifs is 5. The van der Waals surface area contributed by atoms with Crippen LogP contribution in [0.1, 0.15) is 29.5 Å². The van der Waals surface area contributed by atoms with Gasteiger partial charge in [0, 0.05) is 37.1 Å². The van der Waals surface area contributed by atoms with Gasteiger partial charge in [0.15, 0.2) is 6.79 Å². The van der Waals surface area contributed by atoms with Crippen LogP contribution in [0.5, 0.6) is 11.5 Å². The van der Waals surface area contributed by atoms with Gasteiger partial charge < -0.3 is 23.8 Å². The van der Waals surface area contributed by atoms with Crippen molar-refractivity contribution in [3.05, 3.63) is 53.1 Å². The molecule has 3 heterocycles. The normalized spacial score (nSPS) is 21.9. The highest BCUT2D eigenvalue weighted by molar-refractivity contribution is 6.11. The van der Waals surface area contributed by atoms with E-state index in [4.69, 9.17) is 18.9 Å². The molecule has 0 radical (unpaired) electrons. The Morgan fingerprint density at radius 3 is 2.89 bits per heavy atom.